The molecule has 1 amide bonds. The summed E-state index contributed by atoms with van der Waals surface area (Å²) in [4.78, 5) is 15.6. The average Bonchev–Trinajstić information content (AvgIpc) is 2.13. The maximum atomic E-state index is 11.5. The second-order valence-corrected chi connectivity index (χ2v) is 4.92. The molecule has 17 heavy (non-hydrogen) atoms. The van der Waals surface area contributed by atoms with Crippen LogP contribution in [0.2, 0.25) is 0 Å². The van der Waals surface area contributed by atoms with Crippen LogP contribution in [0.3, 0.4) is 0 Å². The van der Waals surface area contributed by atoms with Crippen LogP contribution in [0, 0.1) is 6.92 Å². The minimum Gasteiger partial charge on any atom is -0.480 e. The second kappa shape index (κ2) is 5.03. The number of amides is 1. The highest BCUT2D eigenvalue weighted by molar-refractivity contribution is 5.78. The fourth-order valence-electron chi connectivity index (χ4n) is 1.28. The third-order valence-electron chi connectivity index (χ3n) is 1.90. The van der Waals surface area contributed by atoms with Crippen LogP contribution in [0.25, 0.3) is 0 Å². The summed E-state index contributed by atoms with van der Waals surface area (Å²) in [5, 5.41) is 2.80. The van der Waals surface area contributed by atoms with Gasteiger partial charge < -0.3 is 15.8 Å². The molecule has 1 heterocycles. The van der Waals surface area contributed by atoms with Crippen molar-refractivity contribution in [1.29, 1.82) is 0 Å². The van der Waals surface area contributed by atoms with E-state index in [1.54, 1.807) is 12.1 Å². The largest absolute Gasteiger partial charge is 0.480 e. The average molecular weight is 237 g/mol. The minimum absolute atomic E-state index is 0.0633. The van der Waals surface area contributed by atoms with Crippen molar-refractivity contribution in [1.82, 2.24) is 10.3 Å². The number of aromatic nitrogens is 1. The first kappa shape index (κ1) is 13.3. The molecule has 1 aromatic heterocycles. The fraction of sp³-hybridized carbons (Fsp3) is 0.500. The number of carbonyl (C=O) groups is 1. The molecule has 94 valence electrons. The smallest absolute Gasteiger partial charge is 0.258 e. The lowest BCUT2D eigenvalue weighted by atomic mass is 10.1. The minimum atomic E-state index is -0.266. The van der Waals surface area contributed by atoms with E-state index < -0.39 is 0 Å². The van der Waals surface area contributed by atoms with Crippen LogP contribution in [-0.2, 0) is 4.79 Å². The number of nitrogens with zero attached hydrogens (tertiary/aromatic N) is 1. The first-order valence-electron chi connectivity index (χ1n) is 5.45. The quantitative estimate of drug-likeness (QED) is 0.829. The van der Waals surface area contributed by atoms with Crippen LogP contribution < -0.4 is 15.8 Å². The molecule has 3 N–H and O–H groups in total. The molecule has 1 rings (SSSR count). The molecule has 0 radical (unpaired) electrons. The molecule has 0 aliphatic rings. The maximum absolute atomic E-state index is 11.5. The van der Waals surface area contributed by atoms with Crippen LogP contribution in [0.15, 0.2) is 12.1 Å². The summed E-state index contributed by atoms with van der Waals surface area (Å²) in [7, 11) is 0. The molecule has 0 atom stereocenters. The molecule has 0 aliphatic carbocycles. The summed E-state index contributed by atoms with van der Waals surface area (Å²) >= 11 is 0. The SMILES string of the molecule is Cc1ccc(OCC(=O)NC(C)(C)C)c(N)n1. The normalized spacial score (nSPS) is 11.1. The van der Waals surface area contributed by atoms with Gasteiger partial charge in [-0.2, -0.15) is 0 Å². The molecule has 0 bridgehead atoms. The maximum Gasteiger partial charge on any atom is 0.258 e. The van der Waals surface area contributed by atoms with Gasteiger partial charge in [0.15, 0.2) is 18.2 Å². The van der Waals surface area contributed by atoms with E-state index in [-0.39, 0.29) is 18.1 Å². The Morgan fingerprint density at radius 1 is 1.47 bits per heavy atom. The van der Waals surface area contributed by atoms with Crippen LogP contribution in [0.5, 0.6) is 5.75 Å². The number of nitrogen functional groups attached to an aromatic ring is 1. The number of anilines is 1. The van der Waals surface area contributed by atoms with Gasteiger partial charge in [-0.15, -0.1) is 0 Å². The molecule has 0 fully saturated rings. The predicted molar refractivity (Wildman–Crippen MR) is 66.8 cm³/mol. The van der Waals surface area contributed by atoms with Gasteiger partial charge in [-0.3, -0.25) is 4.79 Å². The number of rotatable bonds is 3. The zero-order valence-corrected chi connectivity index (χ0v) is 10.7. The Hall–Kier alpha value is -1.78. The molecule has 0 saturated carbocycles. The van der Waals surface area contributed by atoms with E-state index in [4.69, 9.17) is 10.5 Å². The van der Waals surface area contributed by atoms with Gasteiger partial charge >= 0.3 is 0 Å². The topological polar surface area (TPSA) is 77.2 Å². The number of nitrogens with one attached hydrogen (secondary N) is 1. The van der Waals surface area contributed by atoms with E-state index in [1.165, 1.54) is 0 Å². The number of ether oxygens (including phenoxy) is 1. The molecule has 5 heteroatoms. The third-order valence-corrected chi connectivity index (χ3v) is 1.90. The number of aryl methyl sites for hydroxylation is 1. The summed E-state index contributed by atoms with van der Waals surface area (Å²) in [5.74, 6) is 0.547. The van der Waals surface area contributed by atoms with E-state index >= 15 is 0 Å². The number of nitrogens with two attached hydrogens (primary N) is 1. The van der Waals surface area contributed by atoms with E-state index in [0.29, 0.717) is 11.6 Å². The summed E-state index contributed by atoms with van der Waals surface area (Å²) < 4.78 is 5.30. The van der Waals surface area contributed by atoms with E-state index in [2.05, 4.69) is 10.3 Å². The van der Waals surface area contributed by atoms with Crippen LogP contribution in [-0.4, -0.2) is 23.0 Å². The molecular weight excluding hydrogens is 218 g/mol. The van der Waals surface area contributed by atoms with Crippen molar-refractivity contribution >= 4 is 11.7 Å². The summed E-state index contributed by atoms with van der Waals surface area (Å²) in [6.07, 6.45) is 0. The Bertz CT molecular complexity index is 411. The standard InChI is InChI=1S/C12H19N3O2/c1-8-5-6-9(11(13)14-8)17-7-10(16)15-12(2,3)4/h5-6H,7H2,1-4H3,(H2,13,14)(H,15,16). The molecule has 0 aliphatic heterocycles. The Kier molecular flexibility index (Phi) is 3.93. The lowest BCUT2D eigenvalue weighted by Crippen LogP contribution is -2.43. The summed E-state index contributed by atoms with van der Waals surface area (Å²) in [5.41, 5.74) is 6.21. The van der Waals surface area contributed by atoms with E-state index in [9.17, 15) is 4.79 Å². The molecule has 0 aromatic carbocycles. The van der Waals surface area contributed by atoms with Crippen molar-refractivity contribution in [3.63, 3.8) is 0 Å². The lowest BCUT2D eigenvalue weighted by Gasteiger charge is -2.20. The highest BCUT2D eigenvalue weighted by Crippen LogP contribution is 2.18. The zero-order valence-electron chi connectivity index (χ0n) is 10.7. The lowest BCUT2D eigenvalue weighted by molar-refractivity contribution is -0.124. The van der Waals surface area contributed by atoms with Crippen LogP contribution in [0.1, 0.15) is 26.5 Å². The number of pyridine rings is 1. The Balaban J connectivity index is 2.53. The van der Waals surface area contributed by atoms with Crippen LogP contribution in [0.4, 0.5) is 5.82 Å². The highest BCUT2D eigenvalue weighted by Gasteiger charge is 2.14. The first-order valence-corrected chi connectivity index (χ1v) is 5.45. The predicted octanol–water partition coefficient (Wildman–Crippen LogP) is 1.27. The summed E-state index contributed by atoms with van der Waals surface area (Å²) in [6.45, 7) is 7.50. The zero-order chi connectivity index (χ0) is 13.1. The Morgan fingerprint density at radius 2 is 2.12 bits per heavy atom. The van der Waals surface area contributed by atoms with E-state index in [1.807, 2.05) is 27.7 Å². The Morgan fingerprint density at radius 3 is 2.65 bits per heavy atom. The van der Waals surface area contributed by atoms with Gasteiger partial charge in [0, 0.05) is 11.2 Å². The van der Waals surface area contributed by atoms with Crippen molar-refractivity contribution in [3.05, 3.63) is 17.8 Å². The van der Waals surface area contributed by atoms with Crippen molar-refractivity contribution in [2.45, 2.75) is 33.2 Å². The van der Waals surface area contributed by atoms with Gasteiger partial charge in [0.05, 0.1) is 0 Å². The number of hydrogen-bond donors (Lipinski definition) is 2. The van der Waals surface area contributed by atoms with Gasteiger partial charge in [0.2, 0.25) is 0 Å². The second-order valence-electron chi connectivity index (χ2n) is 4.92. The number of hydrogen-bond acceptors (Lipinski definition) is 4. The van der Waals surface area contributed by atoms with Gasteiger partial charge in [-0.05, 0) is 39.8 Å². The van der Waals surface area contributed by atoms with Crippen molar-refractivity contribution in [2.24, 2.45) is 0 Å². The molecule has 0 saturated heterocycles. The molecule has 1 aromatic rings. The summed E-state index contributed by atoms with van der Waals surface area (Å²) in [6, 6.07) is 3.50. The molecule has 5 nitrogen and oxygen atoms in total. The third kappa shape index (κ3) is 4.72. The van der Waals surface area contributed by atoms with Gasteiger partial charge in [-0.25, -0.2) is 4.98 Å². The molecule has 0 unspecified atom stereocenters. The highest BCUT2D eigenvalue weighted by atomic mass is 16.5. The molecular formula is C12H19N3O2. The van der Waals surface area contributed by atoms with Gasteiger partial charge in [0.1, 0.15) is 0 Å². The first-order chi connectivity index (χ1) is 7.78. The number of carbonyl (C=O) groups excluding carboxylic acids is 1. The Labute approximate surface area is 101 Å². The van der Waals surface area contributed by atoms with Crippen LogP contribution >= 0.6 is 0 Å². The van der Waals surface area contributed by atoms with Crippen molar-refractivity contribution in [2.75, 3.05) is 12.3 Å². The van der Waals surface area contributed by atoms with Crippen molar-refractivity contribution in [3.8, 4) is 5.75 Å². The fourth-order valence-corrected chi connectivity index (χ4v) is 1.28. The van der Waals surface area contributed by atoms with Crippen molar-refractivity contribution < 1.29 is 9.53 Å². The van der Waals surface area contributed by atoms with Gasteiger partial charge in [-0.1, -0.05) is 0 Å². The van der Waals surface area contributed by atoms with E-state index in [0.717, 1.165) is 5.69 Å². The monoisotopic (exact) mass is 237 g/mol. The van der Waals surface area contributed by atoms with Gasteiger partial charge in [0.25, 0.3) is 5.91 Å². The molecule has 0 spiro atoms.